The van der Waals surface area contributed by atoms with Gasteiger partial charge in [0.05, 0.1) is 5.75 Å². The summed E-state index contributed by atoms with van der Waals surface area (Å²) in [5.41, 5.74) is 4.74. The molecule has 0 aliphatic heterocycles. The Morgan fingerprint density at radius 3 is 2.00 bits per heavy atom. The topological polar surface area (TPSA) is 60.2 Å². The molecular weight excluding hydrogens is 152 g/mol. The van der Waals surface area contributed by atoms with E-state index in [-0.39, 0.29) is 6.54 Å². The Kier molecular flexibility index (Phi) is 2.99. The zero-order chi connectivity index (χ0) is 7.49. The van der Waals surface area contributed by atoms with Gasteiger partial charge in [-0.2, -0.15) is 8.78 Å². The van der Waals surface area contributed by atoms with Gasteiger partial charge in [-0.15, -0.1) is 0 Å². The monoisotopic (exact) mass is 159 g/mol. The van der Waals surface area contributed by atoms with Crippen molar-refractivity contribution in [3.63, 3.8) is 0 Å². The smallest absolute Gasteiger partial charge is 0.329 e. The number of hydrogen-bond acceptors (Lipinski definition) is 3. The van der Waals surface area contributed by atoms with Gasteiger partial charge in [-0.1, -0.05) is 0 Å². The second kappa shape index (κ2) is 3.07. The highest BCUT2D eigenvalue weighted by molar-refractivity contribution is 7.91. The molecule has 0 spiro atoms. The largest absolute Gasteiger partial charge is 0.336 e. The van der Waals surface area contributed by atoms with Crippen LogP contribution in [0.15, 0.2) is 0 Å². The van der Waals surface area contributed by atoms with Crippen molar-refractivity contribution in [2.75, 3.05) is 12.3 Å². The quantitative estimate of drug-likeness (QED) is 0.608. The fourth-order valence-corrected chi connectivity index (χ4v) is 0.760. The second-order valence-electron chi connectivity index (χ2n) is 1.42. The van der Waals surface area contributed by atoms with E-state index >= 15 is 0 Å². The standard InChI is InChI=1S/C3H7F2NO2S/c4-3(5)9(7,8)2-1-6/h3H,1-2,6H2. The van der Waals surface area contributed by atoms with Gasteiger partial charge in [-0.05, 0) is 0 Å². The van der Waals surface area contributed by atoms with Crippen LogP contribution in [0.4, 0.5) is 8.78 Å². The number of rotatable bonds is 3. The molecule has 0 rings (SSSR count). The molecule has 0 fully saturated rings. The first-order chi connectivity index (χ1) is 4.00. The lowest BCUT2D eigenvalue weighted by Gasteiger charge is -1.97. The summed E-state index contributed by atoms with van der Waals surface area (Å²) >= 11 is 0. The normalized spacial score (nSPS) is 12.4. The van der Waals surface area contributed by atoms with Gasteiger partial charge in [0.1, 0.15) is 0 Å². The third-order valence-electron chi connectivity index (χ3n) is 0.674. The van der Waals surface area contributed by atoms with Crippen LogP contribution in [-0.4, -0.2) is 26.5 Å². The van der Waals surface area contributed by atoms with Crippen LogP contribution in [-0.2, 0) is 9.84 Å². The fraction of sp³-hybridized carbons (Fsp3) is 1.00. The molecule has 0 aliphatic rings. The van der Waals surface area contributed by atoms with E-state index in [1.807, 2.05) is 0 Å². The van der Waals surface area contributed by atoms with Gasteiger partial charge in [0.2, 0.25) is 9.84 Å². The molecule has 0 aromatic rings. The van der Waals surface area contributed by atoms with Crippen LogP contribution in [0.25, 0.3) is 0 Å². The lowest BCUT2D eigenvalue weighted by molar-refractivity contribution is 0.235. The Bertz CT molecular complexity index is 165. The molecule has 0 saturated heterocycles. The first-order valence-electron chi connectivity index (χ1n) is 2.20. The van der Waals surface area contributed by atoms with Gasteiger partial charge in [0.25, 0.3) is 0 Å². The Morgan fingerprint density at radius 2 is 1.89 bits per heavy atom. The highest BCUT2D eigenvalue weighted by Gasteiger charge is 2.21. The first-order valence-corrected chi connectivity index (χ1v) is 3.92. The Balaban J connectivity index is 4.05. The van der Waals surface area contributed by atoms with Crippen molar-refractivity contribution in [1.29, 1.82) is 0 Å². The van der Waals surface area contributed by atoms with Crippen molar-refractivity contribution in [2.24, 2.45) is 5.73 Å². The molecule has 0 heterocycles. The van der Waals surface area contributed by atoms with E-state index in [1.165, 1.54) is 0 Å². The van der Waals surface area contributed by atoms with E-state index in [9.17, 15) is 17.2 Å². The van der Waals surface area contributed by atoms with Gasteiger partial charge >= 0.3 is 5.76 Å². The Labute approximate surface area is 51.8 Å². The van der Waals surface area contributed by atoms with Crippen molar-refractivity contribution in [3.8, 4) is 0 Å². The molecule has 6 heteroatoms. The summed E-state index contributed by atoms with van der Waals surface area (Å²) in [6, 6.07) is 0. The van der Waals surface area contributed by atoms with Crippen LogP contribution in [0.1, 0.15) is 0 Å². The molecule has 9 heavy (non-hydrogen) atoms. The summed E-state index contributed by atoms with van der Waals surface area (Å²) in [5.74, 6) is -3.94. The highest BCUT2D eigenvalue weighted by Crippen LogP contribution is 2.03. The summed E-state index contributed by atoms with van der Waals surface area (Å²) in [6.45, 7) is -0.257. The van der Waals surface area contributed by atoms with E-state index in [2.05, 4.69) is 0 Å². The van der Waals surface area contributed by atoms with Crippen molar-refractivity contribution >= 4 is 9.84 Å². The lowest BCUT2D eigenvalue weighted by atomic mass is 10.8. The van der Waals surface area contributed by atoms with Gasteiger partial charge < -0.3 is 5.73 Å². The van der Waals surface area contributed by atoms with Crippen molar-refractivity contribution in [3.05, 3.63) is 0 Å². The zero-order valence-electron chi connectivity index (χ0n) is 4.55. The van der Waals surface area contributed by atoms with E-state index in [0.29, 0.717) is 0 Å². The van der Waals surface area contributed by atoms with E-state index in [4.69, 9.17) is 5.73 Å². The molecule has 0 atom stereocenters. The molecule has 3 nitrogen and oxygen atoms in total. The zero-order valence-corrected chi connectivity index (χ0v) is 5.37. The summed E-state index contributed by atoms with van der Waals surface area (Å²) in [5, 5.41) is 0. The SMILES string of the molecule is NCCS(=O)(=O)C(F)F. The molecule has 2 N–H and O–H groups in total. The molecular formula is C3H7F2NO2S. The third-order valence-corrected chi connectivity index (χ3v) is 2.02. The molecule has 0 aromatic carbocycles. The minimum Gasteiger partial charge on any atom is -0.329 e. The summed E-state index contributed by atoms with van der Waals surface area (Å²) in [6.07, 6.45) is 0. The van der Waals surface area contributed by atoms with Crippen molar-refractivity contribution < 1.29 is 17.2 Å². The number of alkyl halides is 2. The maximum absolute atomic E-state index is 11.4. The molecule has 0 bridgehead atoms. The molecule has 0 amide bonds. The van der Waals surface area contributed by atoms with E-state index < -0.39 is 21.3 Å². The molecule has 56 valence electrons. The van der Waals surface area contributed by atoms with Gasteiger partial charge in [-0.25, -0.2) is 8.42 Å². The van der Waals surface area contributed by atoms with Gasteiger partial charge in [0.15, 0.2) is 0 Å². The molecule has 0 unspecified atom stereocenters. The Hall–Kier alpha value is -0.230. The lowest BCUT2D eigenvalue weighted by Crippen LogP contribution is -2.21. The van der Waals surface area contributed by atoms with Crippen LogP contribution in [0, 0.1) is 0 Å². The predicted molar refractivity (Wildman–Crippen MR) is 28.8 cm³/mol. The minimum absolute atomic E-state index is 0.257. The summed E-state index contributed by atoms with van der Waals surface area (Å²) in [4.78, 5) is 0. The molecule has 0 aromatic heterocycles. The molecule has 0 aliphatic carbocycles. The van der Waals surface area contributed by atoms with Crippen LogP contribution < -0.4 is 5.73 Å². The first kappa shape index (κ1) is 8.77. The average Bonchev–Trinajstić information content (AvgIpc) is 1.65. The average molecular weight is 159 g/mol. The highest BCUT2D eigenvalue weighted by atomic mass is 32.2. The maximum atomic E-state index is 11.4. The minimum atomic E-state index is -4.21. The maximum Gasteiger partial charge on any atom is 0.336 e. The predicted octanol–water partition coefficient (Wildman–Crippen LogP) is -0.417. The van der Waals surface area contributed by atoms with Crippen LogP contribution in [0.2, 0.25) is 0 Å². The number of halogens is 2. The third kappa shape index (κ3) is 2.71. The number of nitrogens with two attached hydrogens (primary N) is 1. The van der Waals surface area contributed by atoms with Gasteiger partial charge in [-0.3, -0.25) is 0 Å². The molecule has 0 saturated carbocycles. The second-order valence-corrected chi connectivity index (χ2v) is 3.51. The fourth-order valence-electron chi connectivity index (χ4n) is 0.253. The van der Waals surface area contributed by atoms with E-state index in [1.54, 1.807) is 0 Å². The van der Waals surface area contributed by atoms with E-state index in [0.717, 1.165) is 0 Å². The summed E-state index contributed by atoms with van der Waals surface area (Å²) in [7, 11) is -4.21. The summed E-state index contributed by atoms with van der Waals surface area (Å²) < 4.78 is 42.9. The number of sulfone groups is 1. The van der Waals surface area contributed by atoms with Crippen LogP contribution in [0.3, 0.4) is 0 Å². The van der Waals surface area contributed by atoms with Crippen molar-refractivity contribution in [2.45, 2.75) is 5.76 Å². The van der Waals surface area contributed by atoms with Gasteiger partial charge in [0, 0.05) is 6.54 Å². The van der Waals surface area contributed by atoms with Crippen molar-refractivity contribution in [1.82, 2.24) is 0 Å². The Morgan fingerprint density at radius 1 is 1.44 bits per heavy atom. The number of hydrogen-bond donors (Lipinski definition) is 1. The molecule has 0 radical (unpaired) electrons. The van der Waals surface area contributed by atoms with Crippen LogP contribution in [0.5, 0.6) is 0 Å². The van der Waals surface area contributed by atoms with Crippen LogP contribution >= 0.6 is 0 Å².